The Hall–Kier alpha value is -1.16. The fraction of sp³-hybridized carbons (Fsp3) is 0.375. The largest absolute Gasteiger partial charge is 0.350 e. The van der Waals surface area contributed by atoms with Gasteiger partial charge in [-0.15, -0.1) is 11.6 Å². The zero-order valence-corrected chi connectivity index (χ0v) is 7.79. The number of hydrogen-bond donors (Lipinski definition) is 1. The Bertz CT molecular complexity index is 265. The van der Waals surface area contributed by atoms with Crippen LogP contribution in [0.3, 0.4) is 0 Å². The summed E-state index contributed by atoms with van der Waals surface area (Å²) in [6.45, 7) is 0.429. The predicted molar refractivity (Wildman–Crippen MR) is 49.2 cm³/mol. The highest BCUT2D eigenvalue weighted by Crippen LogP contribution is 1.91. The molecular formula is C8H10ClN3O. The highest BCUT2D eigenvalue weighted by molar-refractivity contribution is 6.18. The summed E-state index contributed by atoms with van der Waals surface area (Å²) < 4.78 is 0. The summed E-state index contributed by atoms with van der Waals surface area (Å²) in [5, 5.41) is 2.69. The number of rotatable bonds is 4. The van der Waals surface area contributed by atoms with Crippen LogP contribution in [0, 0.1) is 0 Å². The van der Waals surface area contributed by atoms with Gasteiger partial charge in [-0.1, -0.05) is 0 Å². The highest BCUT2D eigenvalue weighted by Gasteiger charge is 1.99. The molecule has 0 aromatic carbocycles. The molecule has 0 saturated heterocycles. The first-order valence-electron chi connectivity index (χ1n) is 3.90. The van der Waals surface area contributed by atoms with Gasteiger partial charge in [0, 0.05) is 18.5 Å². The summed E-state index contributed by atoms with van der Waals surface area (Å²) in [5.74, 6) is 0.281. The molecule has 0 aliphatic rings. The van der Waals surface area contributed by atoms with Crippen molar-refractivity contribution in [3.8, 4) is 0 Å². The van der Waals surface area contributed by atoms with Crippen LogP contribution >= 0.6 is 11.6 Å². The smallest absolute Gasteiger partial charge is 0.221 e. The van der Waals surface area contributed by atoms with E-state index in [1.807, 2.05) is 0 Å². The first-order chi connectivity index (χ1) is 6.33. The van der Waals surface area contributed by atoms with Gasteiger partial charge in [-0.2, -0.15) is 0 Å². The number of hydrogen-bond acceptors (Lipinski definition) is 3. The Labute approximate surface area is 81.3 Å². The molecule has 0 radical (unpaired) electrons. The van der Waals surface area contributed by atoms with Crippen molar-refractivity contribution in [3.05, 3.63) is 24.3 Å². The number of alkyl halides is 1. The minimum absolute atomic E-state index is 0.0615. The lowest BCUT2D eigenvalue weighted by Gasteiger charge is -2.01. The quantitative estimate of drug-likeness (QED) is 0.728. The molecule has 70 valence electrons. The molecule has 13 heavy (non-hydrogen) atoms. The maximum atomic E-state index is 11.0. The van der Waals surface area contributed by atoms with E-state index in [0.29, 0.717) is 18.8 Å². The number of nitrogens with one attached hydrogen (secondary N) is 1. The van der Waals surface area contributed by atoms with E-state index in [9.17, 15) is 4.79 Å². The van der Waals surface area contributed by atoms with Crippen LogP contribution < -0.4 is 5.32 Å². The number of halogens is 1. The fourth-order valence-electron chi connectivity index (χ4n) is 0.786. The van der Waals surface area contributed by atoms with Crippen LogP contribution in [-0.4, -0.2) is 21.8 Å². The Morgan fingerprint density at radius 1 is 1.62 bits per heavy atom. The number of nitrogens with zero attached hydrogens (tertiary/aromatic N) is 2. The SMILES string of the molecule is O=C(CCCl)NCc1ccncn1. The summed E-state index contributed by atoms with van der Waals surface area (Å²) in [7, 11) is 0. The van der Waals surface area contributed by atoms with Gasteiger partial charge in [0.1, 0.15) is 6.33 Å². The van der Waals surface area contributed by atoms with E-state index >= 15 is 0 Å². The normalized spacial score (nSPS) is 9.62. The number of carbonyl (C=O) groups excluding carboxylic acids is 1. The molecule has 1 aromatic rings. The summed E-state index contributed by atoms with van der Waals surface area (Å²) >= 11 is 5.39. The van der Waals surface area contributed by atoms with Crippen molar-refractivity contribution in [1.29, 1.82) is 0 Å². The zero-order chi connectivity index (χ0) is 9.52. The van der Waals surface area contributed by atoms with Crippen LogP contribution in [-0.2, 0) is 11.3 Å². The summed E-state index contributed by atoms with van der Waals surface area (Å²) in [6.07, 6.45) is 3.42. The molecule has 0 aliphatic carbocycles. The molecule has 5 heteroatoms. The molecule has 0 saturated carbocycles. The Morgan fingerprint density at radius 3 is 3.08 bits per heavy atom. The van der Waals surface area contributed by atoms with Gasteiger partial charge >= 0.3 is 0 Å². The number of aromatic nitrogens is 2. The molecule has 4 nitrogen and oxygen atoms in total. The lowest BCUT2D eigenvalue weighted by Crippen LogP contribution is -2.23. The van der Waals surface area contributed by atoms with E-state index in [-0.39, 0.29) is 5.91 Å². The van der Waals surface area contributed by atoms with E-state index in [1.54, 1.807) is 12.3 Å². The van der Waals surface area contributed by atoms with Crippen molar-refractivity contribution in [1.82, 2.24) is 15.3 Å². The molecule has 1 N–H and O–H groups in total. The molecule has 1 aromatic heterocycles. The van der Waals surface area contributed by atoms with Gasteiger partial charge in [-0.05, 0) is 6.07 Å². The van der Waals surface area contributed by atoms with E-state index < -0.39 is 0 Å². The first-order valence-corrected chi connectivity index (χ1v) is 4.44. The van der Waals surface area contributed by atoms with Gasteiger partial charge in [0.2, 0.25) is 5.91 Å². The summed E-state index contributed by atoms with van der Waals surface area (Å²) in [5.41, 5.74) is 0.790. The van der Waals surface area contributed by atoms with E-state index in [4.69, 9.17) is 11.6 Å². The zero-order valence-electron chi connectivity index (χ0n) is 7.03. The maximum absolute atomic E-state index is 11.0. The molecule has 1 heterocycles. The van der Waals surface area contributed by atoms with Crippen molar-refractivity contribution in [2.75, 3.05) is 5.88 Å². The molecular weight excluding hydrogens is 190 g/mol. The van der Waals surface area contributed by atoms with Gasteiger partial charge < -0.3 is 5.32 Å². The maximum Gasteiger partial charge on any atom is 0.221 e. The monoisotopic (exact) mass is 199 g/mol. The van der Waals surface area contributed by atoms with Crippen molar-refractivity contribution in [3.63, 3.8) is 0 Å². The molecule has 0 aliphatic heterocycles. The van der Waals surface area contributed by atoms with Crippen LogP contribution in [0.1, 0.15) is 12.1 Å². The van der Waals surface area contributed by atoms with Gasteiger partial charge in [0.15, 0.2) is 0 Å². The van der Waals surface area contributed by atoms with Gasteiger partial charge in [-0.25, -0.2) is 9.97 Å². The van der Waals surface area contributed by atoms with Crippen molar-refractivity contribution >= 4 is 17.5 Å². The Balaban J connectivity index is 2.31. The minimum atomic E-state index is -0.0615. The van der Waals surface area contributed by atoms with Crippen LogP contribution in [0.4, 0.5) is 0 Å². The lowest BCUT2D eigenvalue weighted by atomic mass is 10.4. The van der Waals surface area contributed by atoms with Crippen LogP contribution in [0.25, 0.3) is 0 Å². The number of amides is 1. The minimum Gasteiger partial charge on any atom is -0.350 e. The Morgan fingerprint density at radius 2 is 2.46 bits per heavy atom. The lowest BCUT2D eigenvalue weighted by molar-refractivity contribution is -0.120. The molecule has 0 fully saturated rings. The van der Waals surface area contributed by atoms with Crippen LogP contribution in [0.15, 0.2) is 18.6 Å². The van der Waals surface area contributed by atoms with Gasteiger partial charge in [0.05, 0.1) is 12.2 Å². The van der Waals surface area contributed by atoms with Crippen molar-refractivity contribution in [2.24, 2.45) is 0 Å². The Kier molecular flexibility index (Phi) is 4.18. The van der Waals surface area contributed by atoms with Crippen LogP contribution in [0.5, 0.6) is 0 Å². The molecule has 0 unspecified atom stereocenters. The highest BCUT2D eigenvalue weighted by atomic mass is 35.5. The third kappa shape index (κ3) is 3.85. The standard InChI is InChI=1S/C8H10ClN3O/c9-3-1-8(13)11-5-7-2-4-10-6-12-7/h2,4,6H,1,3,5H2,(H,11,13). The van der Waals surface area contributed by atoms with E-state index in [2.05, 4.69) is 15.3 Å². The summed E-state index contributed by atoms with van der Waals surface area (Å²) in [4.78, 5) is 18.7. The molecule has 1 amide bonds. The second-order valence-corrected chi connectivity index (χ2v) is 2.79. The van der Waals surface area contributed by atoms with Crippen LogP contribution in [0.2, 0.25) is 0 Å². The topological polar surface area (TPSA) is 54.9 Å². The average molecular weight is 200 g/mol. The van der Waals surface area contributed by atoms with Gasteiger partial charge in [-0.3, -0.25) is 4.79 Å². The predicted octanol–water partition coefficient (Wildman–Crippen LogP) is 0.722. The second-order valence-electron chi connectivity index (χ2n) is 2.42. The first kappa shape index (κ1) is 9.92. The molecule has 0 atom stereocenters. The second kappa shape index (κ2) is 5.48. The van der Waals surface area contributed by atoms with E-state index in [1.165, 1.54) is 6.33 Å². The molecule has 0 spiro atoms. The number of carbonyl (C=O) groups is 1. The molecule has 0 bridgehead atoms. The third-order valence-electron chi connectivity index (χ3n) is 1.43. The van der Waals surface area contributed by atoms with E-state index in [0.717, 1.165) is 5.69 Å². The van der Waals surface area contributed by atoms with Crippen molar-refractivity contribution in [2.45, 2.75) is 13.0 Å². The summed E-state index contributed by atoms with van der Waals surface area (Å²) in [6, 6.07) is 1.75. The average Bonchev–Trinajstić information content (AvgIpc) is 2.17. The van der Waals surface area contributed by atoms with Crippen molar-refractivity contribution < 1.29 is 4.79 Å². The van der Waals surface area contributed by atoms with Gasteiger partial charge in [0.25, 0.3) is 0 Å². The molecule has 1 rings (SSSR count). The third-order valence-corrected chi connectivity index (χ3v) is 1.62. The fourth-order valence-corrected chi connectivity index (χ4v) is 0.958.